The van der Waals surface area contributed by atoms with E-state index in [1.807, 2.05) is 41.4 Å². The van der Waals surface area contributed by atoms with Crippen LogP contribution in [0.3, 0.4) is 0 Å². The lowest BCUT2D eigenvalue weighted by atomic mass is 10.1. The molecule has 24 heavy (non-hydrogen) atoms. The molecule has 1 aromatic heterocycles. The smallest absolute Gasteiger partial charge is 0.252 e. The minimum absolute atomic E-state index is 0.0250. The monoisotopic (exact) mass is 384 g/mol. The van der Waals surface area contributed by atoms with Crippen molar-refractivity contribution in [3.63, 3.8) is 0 Å². The number of likely N-dealkylation sites (N-methyl/N-ethyl adjacent to an activating group) is 1. The number of benzene rings is 1. The van der Waals surface area contributed by atoms with E-state index in [2.05, 4.69) is 20.9 Å². The predicted octanol–water partition coefficient (Wildman–Crippen LogP) is 3.50. The second kappa shape index (κ2) is 5.70. The molecule has 0 unspecified atom stereocenters. The lowest BCUT2D eigenvalue weighted by Gasteiger charge is -2.24. The Bertz CT molecular complexity index is 833. The van der Waals surface area contributed by atoms with Crippen LogP contribution in [0, 0.1) is 11.3 Å². The molecule has 1 saturated carbocycles. The van der Waals surface area contributed by atoms with Crippen molar-refractivity contribution >= 4 is 33.5 Å². The summed E-state index contributed by atoms with van der Waals surface area (Å²) in [6, 6.07) is 9.75. The maximum atomic E-state index is 12.5. The Balaban J connectivity index is 1.75. The quantitative estimate of drug-likeness (QED) is 0.880. The third-order valence-electron chi connectivity index (χ3n) is 4.64. The Morgan fingerprint density at radius 2 is 2.00 bits per heavy atom. The van der Waals surface area contributed by atoms with Gasteiger partial charge in [0.05, 0.1) is 0 Å². The first-order chi connectivity index (χ1) is 11.6. The van der Waals surface area contributed by atoms with Gasteiger partial charge in [-0.05, 0) is 58.5 Å². The van der Waals surface area contributed by atoms with Crippen molar-refractivity contribution in [3.05, 3.63) is 47.2 Å². The highest BCUT2D eigenvalue weighted by Gasteiger charge is 2.49. The molecular weight excluding hydrogens is 368 g/mol. The fraction of sp³-hybridized carbons (Fsp3) is 0.278. The van der Waals surface area contributed by atoms with E-state index in [0.29, 0.717) is 5.92 Å². The maximum Gasteiger partial charge on any atom is 0.252 e. The molecule has 5 nitrogen and oxygen atoms in total. The van der Waals surface area contributed by atoms with Crippen LogP contribution < -0.4 is 4.90 Å². The Morgan fingerprint density at radius 1 is 1.21 bits per heavy atom. The maximum absolute atomic E-state index is 12.5. The molecular formula is C18H17BrN4O. The summed E-state index contributed by atoms with van der Waals surface area (Å²) in [6.45, 7) is 0. The molecule has 0 radical (unpaired) electrons. The molecule has 2 fully saturated rings. The van der Waals surface area contributed by atoms with E-state index in [1.54, 1.807) is 13.2 Å². The molecule has 2 aromatic rings. The van der Waals surface area contributed by atoms with Gasteiger partial charge in [-0.25, -0.2) is 0 Å². The summed E-state index contributed by atoms with van der Waals surface area (Å²) < 4.78 is 0.921. The molecule has 0 bridgehead atoms. The van der Waals surface area contributed by atoms with Crippen LogP contribution in [0.2, 0.25) is 0 Å². The van der Waals surface area contributed by atoms with E-state index >= 15 is 0 Å². The third-order valence-corrected chi connectivity index (χ3v) is 5.07. The number of amides is 1. The van der Waals surface area contributed by atoms with Crippen LogP contribution >= 0.6 is 15.9 Å². The normalized spacial score (nSPS) is 20.8. The van der Waals surface area contributed by atoms with Gasteiger partial charge in [0.2, 0.25) is 5.96 Å². The topological polar surface area (TPSA) is 60.3 Å². The van der Waals surface area contributed by atoms with Crippen molar-refractivity contribution in [1.29, 1.82) is 5.41 Å². The minimum Gasteiger partial charge on any atom is -0.300 e. The zero-order valence-corrected chi connectivity index (χ0v) is 14.8. The molecule has 6 heteroatoms. The number of aromatic nitrogens is 1. The van der Waals surface area contributed by atoms with E-state index in [1.165, 1.54) is 4.90 Å². The number of pyridine rings is 1. The fourth-order valence-corrected chi connectivity index (χ4v) is 3.58. The van der Waals surface area contributed by atoms with Gasteiger partial charge in [-0.15, -0.1) is 0 Å². The second-order valence-corrected chi connectivity index (χ2v) is 7.23. The number of nitrogens with zero attached hydrogens (tertiary/aromatic N) is 3. The minimum atomic E-state index is -0.238. The standard InChI is InChI=1S/C18H17BrN4O/c1-22-17(24)16(11-5-6-11)23(18(22)20)15-4-2-3-12(8-15)13-7-14(19)10-21-9-13/h2-4,7-11,16,20H,5-6H2,1H3/t16-/m1/s1. The molecule has 1 aromatic carbocycles. The van der Waals surface area contributed by atoms with Gasteiger partial charge in [-0.1, -0.05) is 12.1 Å². The first-order valence-electron chi connectivity index (χ1n) is 7.92. The van der Waals surface area contributed by atoms with Crippen molar-refractivity contribution in [3.8, 4) is 11.1 Å². The molecule has 0 spiro atoms. The predicted molar refractivity (Wildman–Crippen MR) is 96.9 cm³/mol. The Hall–Kier alpha value is -2.21. The molecule has 1 aliphatic heterocycles. The highest BCUT2D eigenvalue weighted by Crippen LogP contribution is 2.41. The zero-order valence-electron chi connectivity index (χ0n) is 13.2. The first kappa shape index (κ1) is 15.3. The van der Waals surface area contributed by atoms with Gasteiger partial charge in [0, 0.05) is 35.2 Å². The zero-order chi connectivity index (χ0) is 16.8. The Labute approximate surface area is 148 Å². The van der Waals surface area contributed by atoms with E-state index in [0.717, 1.165) is 34.1 Å². The number of hydrogen-bond acceptors (Lipinski definition) is 3. The number of carbonyl (C=O) groups is 1. The number of carbonyl (C=O) groups excluding carboxylic acids is 1. The van der Waals surface area contributed by atoms with Gasteiger partial charge in [0.1, 0.15) is 6.04 Å². The van der Waals surface area contributed by atoms with E-state index in [-0.39, 0.29) is 17.9 Å². The van der Waals surface area contributed by atoms with Gasteiger partial charge in [0.15, 0.2) is 0 Å². The SMILES string of the molecule is CN1C(=N)N(c2cccc(-c3cncc(Br)c3)c2)[C@H](C2CC2)C1=O. The summed E-state index contributed by atoms with van der Waals surface area (Å²) >= 11 is 3.45. The van der Waals surface area contributed by atoms with Crippen LogP contribution in [0.4, 0.5) is 5.69 Å². The van der Waals surface area contributed by atoms with Crippen molar-refractivity contribution in [2.24, 2.45) is 5.92 Å². The number of nitrogens with one attached hydrogen (secondary N) is 1. The molecule has 2 heterocycles. The molecule has 2 aliphatic rings. The summed E-state index contributed by atoms with van der Waals surface area (Å²) in [5.41, 5.74) is 2.90. The first-order valence-corrected chi connectivity index (χ1v) is 8.72. The average Bonchev–Trinajstić information content (AvgIpc) is 3.39. The van der Waals surface area contributed by atoms with Gasteiger partial charge >= 0.3 is 0 Å². The van der Waals surface area contributed by atoms with Crippen molar-refractivity contribution in [2.75, 3.05) is 11.9 Å². The van der Waals surface area contributed by atoms with E-state index < -0.39 is 0 Å². The number of halogens is 1. The van der Waals surface area contributed by atoms with Gasteiger partial charge < -0.3 is 0 Å². The van der Waals surface area contributed by atoms with Crippen LogP contribution in [0.1, 0.15) is 12.8 Å². The van der Waals surface area contributed by atoms with Crippen LogP contribution in [0.15, 0.2) is 47.2 Å². The molecule has 1 saturated heterocycles. The molecule has 1 aliphatic carbocycles. The molecule has 1 atom stereocenters. The van der Waals surface area contributed by atoms with E-state index in [9.17, 15) is 4.79 Å². The van der Waals surface area contributed by atoms with Gasteiger partial charge in [0.25, 0.3) is 5.91 Å². The Kier molecular flexibility index (Phi) is 3.64. The molecule has 122 valence electrons. The molecule has 1 N–H and O–H groups in total. The number of guanidine groups is 1. The van der Waals surface area contributed by atoms with Crippen LogP contribution in [-0.2, 0) is 4.79 Å². The summed E-state index contributed by atoms with van der Waals surface area (Å²) in [6.07, 6.45) is 5.68. The number of anilines is 1. The second-order valence-electron chi connectivity index (χ2n) is 6.32. The lowest BCUT2D eigenvalue weighted by molar-refractivity contribution is -0.126. The molecule has 4 rings (SSSR count). The fourth-order valence-electron chi connectivity index (χ4n) is 3.22. The average molecular weight is 385 g/mol. The van der Waals surface area contributed by atoms with Crippen LogP contribution in [0.5, 0.6) is 0 Å². The molecule has 1 amide bonds. The summed E-state index contributed by atoms with van der Waals surface area (Å²) in [4.78, 5) is 20.0. The summed E-state index contributed by atoms with van der Waals surface area (Å²) in [7, 11) is 1.68. The lowest BCUT2D eigenvalue weighted by Crippen LogP contribution is -2.37. The Morgan fingerprint density at radius 3 is 2.71 bits per heavy atom. The summed E-state index contributed by atoms with van der Waals surface area (Å²) in [5, 5.41) is 8.35. The largest absolute Gasteiger partial charge is 0.300 e. The third kappa shape index (κ3) is 2.51. The summed E-state index contributed by atoms with van der Waals surface area (Å²) in [5.74, 6) is 0.637. The number of rotatable bonds is 3. The van der Waals surface area contributed by atoms with Gasteiger partial charge in [-0.2, -0.15) is 0 Å². The van der Waals surface area contributed by atoms with Crippen LogP contribution in [-0.4, -0.2) is 34.8 Å². The highest BCUT2D eigenvalue weighted by atomic mass is 79.9. The van der Waals surface area contributed by atoms with Gasteiger partial charge in [-0.3, -0.25) is 25.0 Å². The number of hydrogen-bond donors (Lipinski definition) is 1. The van der Waals surface area contributed by atoms with Crippen molar-refractivity contribution in [1.82, 2.24) is 9.88 Å². The highest BCUT2D eigenvalue weighted by molar-refractivity contribution is 9.10. The van der Waals surface area contributed by atoms with Crippen molar-refractivity contribution < 1.29 is 4.79 Å². The van der Waals surface area contributed by atoms with E-state index in [4.69, 9.17) is 5.41 Å². The van der Waals surface area contributed by atoms with Crippen molar-refractivity contribution in [2.45, 2.75) is 18.9 Å². The van der Waals surface area contributed by atoms with Crippen LogP contribution in [0.25, 0.3) is 11.1 Å².